The van der Waals surface area contributed by atoms with E-state index in [-0.39, 0.29) is 70.5 Å². The van der Waals surface area contributed by atoms with Crippen LogP contribution >= 0.6 is 0 Å². The number of halogens is 12. The standard InChI is InChI=1S/4C23H27F3N2O2/c4*1-3-15(12-21(29)18-8-9-22(30-2)28-14-18)16-4-6-17(7-5-16)20-13-19(10-11-27-20)23(24,25)26/h4*8-11,13-17H,3-7,12H2,1-2H3/t4*15-,16?,17?/m1100/s1. The van der Waals surface area contributed by atoms with Gasteiger partial charge in [-0.05, 0) is 223 Å². The molecular formula is C92H108F12N8O8. The largest absolute Gasteiger partial charge is 0.481 e. The number of ketones is 4. The number of hydrogen-bond acceptors (Lipinski definition) is 16. The van der Waals surface area contributed by atoms with Crippen LogP contribution in [0.3, 0.4) is 0 Å². The molecule has 8 aromatic rings. The molecule has 0 unspecified atom stereocenters. The molecule has 0 radical (unpaired) electrons. The third kappa shape index (κ3) is 27.1. The van der Waals surface area contributed by atoms with Gasteiger partial charge in [0.25, 0.3) is 0 Å². The van der Waals surface area contributed by atoms with Crippen molar-refractivity contribution in [3.8, 4) is 23.5 Å². The number of carbonyl (C=O) groups is 4. The minimum atomic E-state index is -4.35. The lowest BCUT2D eigenvalue weighted by Crippen LogP contribution is -2.23. The molecule has 4 atom stereocenters. The van der Waals surface area contributed by atoms with Crippen molar-refractivity contribution >= 4 is 23.1 Å². The Morgan fingerprint density at radius 3 is 0.617 bits per heavy atom. The van der Waals surface area contributed by atoms with E-state index in [4.69, 9.17) is 18.9 Å². The summed E-state index contributed by atoms with van der Waals surface area (Å²) in [5, 5.41) is 0. The number of aromatic nitrogens is 8. The molecule has 0 bridgehead atoms. The molecule has 0 N–H and O–H groups in total. The maximum absolute atomic E-state index is 13.0. The Kier molecular flexibility index (Phi) is 34.6. The van der Waals surface area contributed by atoms with Gasteiger partial charge in [-0.2, -0.15) is 52.7 Å². The van der Waals surface area contributed by atoms with Gasteiger partial charge in [-0.25, -0.2) is 19.9 Å². The van der Waals surface area contributed by atoms with Gasteiger partial charge < -0.3 is 18.9 Å². The van der Waals surface area contributed by atoms with Crippen LogP contribution in [0.4, 0.5) is 52.7 Å². The van der Waals surface area contributed by atoms with Gasteiger partial charge in [0.1, 0.15) is 0 Å². The van der Waals surface area contributed by atoms with Gasteiger partial charge in [-0.15, -0.1) is 0 Å². The molecule has 0 aromatic carbocycles. The highest BCUT2D eigenvalue weighted by Gasteiger charge is 2.39. The van der Waals surface area contributed by atoms with Gasteiger partial charge in [0, 0.05) is 168 Å². The second-order valence-corrected chi connectivity index (χ2v) is 31.9. The lowest BCUT2D eigenvalue weighted by molar-refractivity contribution is -0.138. The summed E-state index contributed by atoms with van der Waals surface area (Å²) in [5.74, 6) is 4.96. The molecule has 12 rings (SSSR count). The molecule has 648 valence electrons. The lowest BCUT2D eigenvalue weighted by Gasteiger charge is -2.33. The summed E-state index contributed by atoms with van der Waals surface area (Å²) in [7, 11) is 6.12. The number of alkyl halides is 12. The molecule has 0 amide bonds. The molecule has 4 saturated carbocycles. The fraction of sp³-hybridized carbons (Fsp3) is 0.522. The van der Waals surface area contributed by atoms with E-state index in [0.717, 1.165) is 153 Å². The van der Waals surface area contributed by atoms with Crippen LogP contribution in [-0.2, 0) is 24.7 Å². The van der Waals surface area contributed by atoms with Gasteiger partial charge in [-0.3, -0.25) is 39.1 Å². The molecule has 8 aromatic heterocycles. The highest BCUT2D eigenvalue weighted by atomic mass is 19.4. The third-order valence-electron chi connectivity index (χ3n) is 24.8. The highest BCUT2D eigenvalue weighted by Crippen LogP contribution is 2.47. The monoisotopic (exact) mass is 1680 g/mol. The van der Waals surface area contributed by atoms with Crippen molar-refractivity contribution in [1.29, 1.82) is 0 Å². The minimum absolute atomic E-state index is 0.0440. The molecule has 4 aliphatic rings. The first-order valence-corrected chi connectivity index (χ1v) is 41.5. The number of methoxy groups -OCH3 is 4. The van der Waals surface area contributed by atoms with Crippen LogP contribution in [0.25, 0.3) is 0 Å². The maximum Gasteiger partial charge on any atom is 0.416 e. The fourth-order valence-electron chi connectivity index (χ4n) is 17.6. The maximum atomic E-state index is 13.0. The molecule has 4 aliphatic carbocycles. The summed E-state index contributed by atoms with van der Waals surface area (Å²) >= 11 is 0. The first-order valence-electron chi connectivity index (χ1n) is 41.5. The van der Waals surface area contributed by atoms with Crippen molar-refractivity contribution in [3.63, 3.8) is 0 Å². The molecule has 28 heteroatoms. The summed E-state index contributed by atoms with van der Waals surface area (Å²) in [5.41, 5.74) is 1.86. The zero-order chi connectivity index (χ0) is 86.9. The number of carbonyl (C=O) groups excluding carboxylic acids is 4. The Morgan fingerprint density at radius 2 is 0.475 bits per heavy atom. The first-order chi connectivity index (χ1) is 57.2. The average Bonchev–Trinajstić information content (AvgIpc) is 0.827. The Morgan fingerprint density at radius 1 is 0.292 bits per heavy atom. The number of pyridine rings is 8. The van der Waals surface area contributed by atoms with Crippen LogP contribution in [0.2, 0.25) is 0 Å². The summed E-state index contributed by atoms with van der Waals surface area (Å²) in [6, 6.07) is 22.5. The molecule has 8 heterocycles. The van der Waals surface area contributed by atoms with Crippen molar-refractivity contribution in [2.24, 2.45) is 47.3 Å². The van der Waals surface area contributed by atoms with E-state index in [0.29, 0.717) is 118 Å². The zero-order valence-electron chi connectivity index (χ0n) is 69.1. The number of nitrogens with zero attached hydrogens (tertiary/aromatic N) is 8. The first kappa shape index (κ1) is 94.1. The Bertz CT molecular complexity index is 3950. The van der Waals surface area contributed by atoms with E-state index in [1.807, 2.05) is 0 Å². The second-order valence-electron chi connectivity index (χ2n) is 31.9. The highest BCUT2D eigenvalue weighted by molar-refractivity contribution is 5.97. The van der Waals surface area contributed by atoms with E-state index in [9.17, 15) is 71.9 Å². The van der Waals surface area contributed by atoms with Crippen molar-refractivity contribution in [3.05, 3.63) is 214 Å². The van der Waals surface area contributed by atoms with Gasteiger partial charge in [-0.1, -0.05) is 53.4 Å². The second kappa shape index (κ2) is 44.2. The van der Waals surface area contributed by atoms with Crippen LogP contribution in [0.15, 0.2) is 147 Å². The molecule has 0 aliphatic heterocycles. The van der Waals surface area contributed by atoms with Crippen molar-refractivity contribution in [2.45, 2.75) is 230 Å². The van der Waals surface area contributed by atoms with Crippen molar-refractivity contribution in [2.75, 3.05) is 28.4 Å². The summed E-state index contributed by atoms with van der Waals surface area (Å²) in [6.07, 6.45) is 12.8. The van der Waals surface area contributed by atoms with Crippen LogP contribution in [0.5, 0.6) is 23.5 Å². The quantitative estimate of drug-likeness (QED) is 0.0330. The van der Waals surface area contributed by atoms with Gasteiger partial charge in [0.05, 0.1) is 50.7 Å². The molecule has 16 nitrogen and oxygen atoms in total. The van der Waals surface area contributed by atoms with Crippen molar-refractivity contribution in [1.82, 2.24) is 39.9 Å². The SMILES string of the molecule is CC[C@@H](CC(=O)c1ccc(OC)nc1)C1CCC(c2cc(C(F)(F)F)ccn2)CC1.CC[C@@H](CC(=O)c1ccc(OC)nc1)C1CCC(c2cc(C(F)(F)F)ccn2)CC1.CC[C@H](CC(=O)c1ccc(OC)nc1)C1CCC(c2cc(C(F)(F)F)ccn2)CC1.CC[C@H](CC(=O)c1ccc(OC)nc1)C1CCC(c2cc(C(F)(F)F)ccn2)CC1. The topological polar surface area (TPSA) is 208 Å². The number of hydrogen-bond donors (Lipinski definition) is 0. The van der Waals surface area contributed by atoms with Crippen LogP contribution in [0, 0.1) is 47.3 Å². The minimum Gasteiger partial charge on any atom is -0.481 e. The summed E-state index contributed by atoms with van der Waals surface area (Å²) < 4.78 is 176. The zero-order valence-corrected chi connectivity index (χ0v) is 69.1. The predicted octanol–water partition coefficient (Wildman–Crippen LogP) is 24.3. The van der Waals surface area contributed by atoms with E-state index < -0.39 is 47.0 Å². The molecule has 120 heavy (non-hydrogen) atoms. The van der Waals surface area contributed by atoms with E-state index in [1.54, 1.807) is 73.3 Å². The predicted molar refractivity (Wildman–Crippen MR) is 430 cm³/mol. The number of rotatable bonds is 28. The average molecular weight is 1680 g/mol. The van der Waals surface area contributed by atoms with Gasteiger partial charge in [0.15, 0.2) is 23.1 Å². The smallest absolute Gasteiger partial charge is 0.416 e. The van der Waals surface area contributed by atoms with Crippen LogP contribution < -0.4 is 18.9 Å². The van der Waals surface area contributed by atoms with E-state index >= 15 is 0 Å². The fourth-order valence-corrected chi connectivity index (χ4v) is 17.6. The normalized spacial score (nSPS) is 20.6. The summed E-state index contributed by atoms with van der Waals surface area (Å²) in [4.78, 5) is 83.9. The van der Waals surface area contributed by atoms with E-state index in [2.05, 4.69) is 67.6 Å². The summed E-state index contributed by atoms with van der Waals surface area (Å²) in [6.45, 7) is 8.35. The van der Waals surface area contributed by atoms with Gasteiger partial charge >= 0.3 is 24.7 Å². The van der Waals surface area contributed by atoms with Crippen LogP contribution in [-0.4, -0.2) is 91.4 Å². The Labute approximate surface area is 694 Å². The number of ether oxygens (including phenoxy) is 4. The Balaban J connectivity index is 0.000000182. The van der Waals surface area contributed by atoms with Crippen molar-refractivity contribution < 1.29 is 90.8 Å². The molecular weight excluding hydrogens is 1570 g/mol. The third-order valence-corrected chi connectivity index (χ3v) is 24.8. The molecule has 4 fully saturated rings. The molecule has 0 spiro atoms. The van der Waals surface area contributed by atoms with Gasteiger partial charge in [0.2, 0.25) is 23.5 Å². The lowest BCUT2D eigenvalue weighted by atomic mass is 9.72. The number of Topliss-reactive ketones (excluding diaryl/α,β-unsaturated/α-hetero) is 4. The Hall–Kier alpha value is -9.76. The van der Waals surface area contributed by atoms with E-state index in [1.165, 1.54) is 77.5 Å². The molecule has 0 saturated heterocycles. The van der Waals surface area contributed by atoms with Crippen LogP contribution in [0.1, 0.15) is 292 Å².